The summed E-state index contributed by atoms with van der Waals surface area (Å²) in [5, 5.41) is 24.1. The maximum absolute atomic E-state index is 12.4. The first kappa shape index (κ1) is 44.8. The van der Waals surface area contributed by atoms with E-state index in [1.54, 1.807) is 6.07 Å². The van der Waals surface area contributed by atoms with Gasteiger partial charge < -0.3 is 0 Å². The molecule has 0 saturated heterocycles. The molecule has 355 valence electrons. The molecule has 0 fully saturated rings. The number of fused-ring (bicyclic) bond motifs is 18. The molecule has 8 aromatic carbocycles. The summed E-state index contributed by atoms with van der Waals surface area (Å²) in [5.41, 5.74) is 7.10. The summed E-state index contributed by atoms with van der Waals surface area (Å²) in [6.07, 6.45) is 6.34. The first-order valence-electron chi connectivity index (χ1n) is 24.2. The van der Waals surface area contributed by atoms with Gasteiger partial charge in [-0.15, -0.1) is 0 Å². The van der Waals surface area contributed by atoms with Crippen molar-refractivity contribution < 1.29 is 27.6 Å². The number of unbranched alkanes of at least 4 members (excludes halogenated alkanes) is 2. The third-order valence-electron chi connectivity index (χ3n) is 14.4. The molecule has 14 rings (SSSR count). The Morgan fingerprint density at radius 1 is 0.507 bits per heavy atom. The number of benzene rings is 8. The van der Waals surface area contributed by atoms with Gasteiger partial charge in [-0.05, 0) is 0 Å². The monoisotopic (exact) mass is 1100 g/mol. The van der Waals surface area contributed by atoms with E-state index in [-0.39, 0.29) is 4.90 Å². The average molecular weight is 1100 g/mol. The molecular weight excluding hydrogens is 1060 g/mol. The molecule has 4 aliphatic rings. The summed E-state index contributed by atoms with van der Waals surface area (Å²) in [4.78, 5) is 33.5. The zero-order valence-corrected chi connectivity index (χ0v) is 44.2. The number of aromatic nitrogens is 2. The molecule has 6 heterocycles. The summed E-state index contributed by atoms with van der Waals surface area (Å²) in [6, 6.07) is 40.9. The fourth-order valence-corrected chi connectivity index (χ4v) is 15.8. The maximum atomic E-state index is 12.4. The SMILES string of the molecule is CCCCc1ccc2cc3c4[n]5c(c3cc2c1)N=C1N=C(N=c2c3cc6ccc(CCCC)cc6cc3c([n]2[In]5)=NC2=NC(=N4)c3cc4ccc(SOOO)cc4cc32)c2cc3ccc(S(=O)(=O)O)cc3cc21. The Kier molecular flexibility index (Phi) is 10.5. The van der Waals surface area contributed by atoms with Gasteiger partial charge in [0.25, 0.3) is 0 Å². The quantitative estimate of drug-likeness (QED) is 0.0592. The van der Waals surface area contributed by atoms with Gasteiger partial charge in [0, 0.05) is 0 Å². The van der Waals surface area contributed by atoms with Crippen molar-refractivity contribution in [1.82, 2.24) is 5.11 Å². The third kappa shape index (κ3) is 7.42. The van der Waals surface area contributed by atoms with Crippen LogP contribution in [0, 0.1) is 0 Å². The van der Waals surface area contributed by atoms with E-state index in [4.69, 9.17) is 39.5 Å². The second kappa shape index (κ2) is 17.1. The molecule has 0 amide bonds. The first-order chi connectivity index (χ1) is 35.6. The molecule has 1 radical (unpaired) electrons. The molecule has 0 aliphatic carbocycles. The van der Waals surface area contributed by atoms with Crippen molar-refractivity contribution in [3.05, 3.63) is 166 Å². The predicted molar refractivity (Wildman–Crippen MR) is 289 cm³/mol. The van der Waals surface area contributed by atoms with Crippen LogP contribution in [0.4, 0.5) is 11.6 Å². The van der Waals surface area contributed by atoms with Crippen molar-refractivity contribution in [3.63, 3.8) is 0 Å². The van der Waals surface area contributed by atoms with E-state index < -0.39 is 33.6 Å². The van der Waals surface area contributed by atoms with Crippen LogP contribution in [0.5, 0.6) is 0 Å². The van der Waals surface area contributed by atoms with Crippen molar-refractivity contribution in [2.45, 2.75) is 62.2 Å². The molecule has 6 bridgehead atoms. The average Bonchev–Trinajstić information content (AvgIpc) is 4.07. The third-order valence-corrected chi connectivity index (χ3v) is 20.0. The fraction of sp³-hybridized carbons (Fsp3) is 0.143. The molecule has 10 aromatic rings. The van der Waals surface area contributed by atoms with Crippen LogP contribution < -0.4 is 11.0 Å². The van der Waals surface area contributed by atoms with Crippen LogP contribution in [-0.2, 0) is 32.3 Å². The topological polar surface area (TPSA) is 177 Å². The molecule has 2 aromatic heterocycles. The second-order valence-electron chi connectivity index (χ2n) is 19.0. The van der Waals surface area contributed by atoms with Crippen LogP contribution in [0.2, 0.25) is 0 Å². The van der Waals surface area contributed by atoms with Crippen molar-refractivity contribution in [2.75, 3.05) is 0 Å². The van der Waals surface area contributed by atoms with Gasteiger partial charge in [0.05, 0.1) is 0 Å². The van der Waals surface area contributed by atoms with Gasteiger partial charge in [-0.3, -0.25) is 0 Å². The molecule has 0 unspecified atom stereocenters. The Bertz CT molecular complexity index is 4540. The van der Waals surface area contributed by atoms with Gasteiger partial charge in [-0.25, -0.2) is 5.26 Å². The van der Waals surface area contributed by atoms with Gasteiger partial charge in [-0.2, -0.15) is 0 Å². The van der Waals surface area contributed by atoms with Crippen LogP contribution in [-0.4, -0.2) is 70.2 Å². The van der Waals surface area contributed by atoms with Crippen molar-refractivity contribution in [3.8, 4) is 0 Å². The number of rotatable bonds is 10. The van der Waals surface area contributed by atoms with E-state index in [0.717, 1.165) is 148 Å². The van der Waals surface area contributed by atoms with Gasteiger partial charge >= 0.3 is 431 Å². The Morgan fingerprint density at radius 2 is 0.959 bits per heavy atom. The summed E-state index contributed by atoms with van der Waals surface area (Å²) in [6.45, 7) is 4.42. The van der Waals surface area contributed by atoms with Crippen LogP contribution in [0.15, 0.2) is 161 Å². The van der Waals surface area contributed by atoms with Gasteiger partial charge in [-0.1, -0.05) is 0 Å². The van der Waals surface area contributed by atoms with Crippen molar-refractivity contribution in [1.29, 1.82) is 0 Å². The Labute approximate surface area is 432 Å². The van der Waals surface area contributed by atoms with Gasteiger partial charge in [0.1, 0.15) is 0 Å². The number of amidine groups is 4. The van der Waals surface area contributed by atoms with Crippen molar-refractivity contribution in [2.24, 2.45) is 30.0 Å². The normalized spacial score (nSPS) is 14.5. The van der Waals surface area contributed by atoms with Gasteiger partial charge in [0.15, 0.2) is 0 Å². The molecule has 14 nitrogen and oxygen atoms in total. The zero-order chi connectivity index (χ0) is 49.3. The number of hydrogen-bond acceptors (Lipinski definition) is 12. The number of nitrogens with zero attached hydrogens (tertiary/aromatic N) is 8. The second-order valence-corrected chi connectivity index (χ2v) is 24.8. The summed E-state index contributed by atoms with van der Waals surface area (Å²) in [5.74, 6) is 3.40. The first-order valence-corrected chi connectivity index (χ1v) is 29.4. The molecule has 0 spiro atoms. The minimum absolute atomic E-state index is 0.198. The van der Waals surface area contributed by atoms with Crippen molar-refractivity contribution >= 4 is 145 Å². The number of hydrogen-bond donors (Lipinski definition) is 2. The molecule has 0 saturated carbocycles. The van der Waals surface area contributed by atoms with Crippen LogP contribution >= 0.6 is 12.0 Å². The Balaban J connectivity index is 1.13. The predicted octanol–water partition coefficient (Wildman–Crippen LogP) is 11.4. The Morgan fingerprint density at radius 3 is 1.51 bits per heavy atom. The summed E-state index contributed by atoms with van der Waals surface area (Å²) >= 11 is -1.57. The molecule has 0 atom stereocenters. The number of aryl methyl sites for hydroxylation is 2. The number of aliphatic imine (C=N–C) groups is 4. The van der Waals surface area contributed by atoms with E-state index >= 15 is 0 Å². The van der Waals surface area contributed by atoms with Gasteiger partial charge in [0.2, 0.25) is 0 Å². The summed E-state index contributed by atoms with van der Waals surface area (Å²) in [7, 11) is -4.48. The van der Waals surface area contributed by atoms with Crippen LogP contribution in [0.1, 0.15) is 72.9 Å². The van der Waals surface area contributed by atoms with E-state index in [9.17, 15) is 13.0 Å². The summed E-state index contributed by atoms with van der Waals surface area (Å²) < 4.78 is 44.4. The zero-order valence-electron chi connectivity index (χ0n) is 39.3. The standard InChI is InChI=1S/C56H40N8O6S2.In/c1-3-5-7-29-9-11-31-21-41-45(25-35(31)17-29)53-59-50(41)58-52-44-24-34-14-16-40(72(66,67)68)20-38(34)28-48(44)56(62-52)64-54-46-26-36-18-30(8-6-4-2)10-12-32(36)22-42(46)49(60-54)57-51-43-23-33-13-15-39(71-70-69-65)19-37(33)27-47(43)55(61-51)63-53;/h9-28H,3-8H2,1-2H3,(H2-2,57,58,59,60,61,62,63,64,65,66,67,68);/q-2;+2. The van der Waals surface area contributed by atoms with Crippen LogP contribution in [0.25, 0.3) is 64.6 Å². The van der Waals surface area contributed by atoms with E-state index in [0.29, 0.717) is 40.1 Å². The molecular formula is C56H40InN8O6S2. The Hall–Kier alpha value is -6.83. The minimum atomic E-state index is -4.48. The van der Waals surface area contributed by atoms with E-state index in [1.165, 1.54) is 23.3 Å². The van der Waals surface area contributed by atoms with E-state index in [2.05, 4.69) is 96.8 Å². The molecule has 2 N–H and O–H groups in total. The molecule has 73 heavy (non-hydrogen) atoms. The molecule has 4 aliphatic heterocycles. The molecule has 17 heteroatoms. The van der Waals surface area contributed by atoms with E-state index in [1.807, 2.05) is 30.3 Å². The van der Waals surface area contributed by atoms with Crippen LogP contribution in [0.3, 0.4) is 0 Å². The fourth-order valence-electron chi connectivity index (χ4n) is 10.8.